The summed E-state index contributed by atoms with van der Waals surface area (Å²) in [5.41, 5.74) is 6.38. The van der Waals surface area contributed by atoms with E-state index in [1.54, 1.807) is 13.2 Å². The minimum absolute atomic E-state index is 0.459. The van der Waals surface area contributed by atoms with Crippen molar-refractivity contribution in [2.45, 2.75) is 0 Å². The highest BCUT2D eigenvalue weighted by atomic mass is 16.5. The number of likely N-dealkylation sites (N-methyl/N-ethyl adjacent to an activating group) is 1. The first-order valence-corrected chi connectivity index (χ1v) is 4.47. The van der Waals surface area contributed by atoms with Gasteiger partial charge in [-0.05, 0) is 19.2 Å². The number of nitrogens with one attached hydrogen (secondary N) is 2. The molecule has 0 aromatic carbocycles. The van der Waals surface area contributed by atoms with Gasteiger partial charge in [-0.25, -0.2) is 0 Å². The third kappa shape index (κ3) is 2.77. The molecule has 0 amide bonds. The molecular formula is C9H16N4O. The van der Waals surface area contributed by atoms with Crippen LogP contribution in [0.25, 0.3) is 0 Å². The Kier molecular flexibility index (Phi) is 4.00. The lowest BCUT2D eigenvalue weighted by molar-refractivity contribution is 0.400. The second-order valence-electron chi connectivity index (χ2n) is 2.82. The highest BCUT2D eigenvalue weighted by Gasteiger charge is 2.03. The van der Waals surface area contributed by atoms with Crippen LogP contribution in [0.15, 0.2) is 12.1 Å². The van der Waals surface area contributed by atoms with Crippen molar-refractivity contribution < 1.29 is 4.74 Å². The molecule has 0 bridgehead atoms. The smallest absolute Gasteiger partial charge is 0.239 e. The van der Waals surface area contributed by atoms with E-state index in [2.05, 4.69) is 15.6 Å². The number of nitrogens with two attached hydrogens (primary N) is 1. The number of hydrogen-bond acceptors (Lipinski definition) is 5. The number of aromatic nitrogens is 1. The predicted octanol–water partition coefficient (Wildman–Crippen LogP) is 0.304. The quantitative estimate of drug-likeness (QED) is 0.591. The van der Waals surface area contributed by atoms with Crippen LogP contribution < -0.4 is 21.1 Å². The van der Waals surface area contributed by atoms with Crippen molar-refractivity contribution in [2.75, 3.05) is 38.3 Å². The van der Waals surface area contributed by atoms with Gasteiger partial charge in [0.05, 0.1) is 12.8 Å². The molecule has 0 spiro atoms. The summed E-state index contributed by atoms with van der Waals surface area (Å²) in [7, 11) is 3.48. The topological polar surface area (TPSA) is 72.2 Å². The van der Waals surface area contributed by atoms with Gasteiger partial charge in [0.2, 0.25) is 5.88 Å². The highest BCUT2D eigenvalue weighted by molar-refractivity contribution is 5.55. The number of methoxy groups -OCH3 is 1. The summed E-state index contributed by atoms with van der Waals surface area (Å²) < 4.78 is 5.08. The zero-order valence-electron chi connectivity index (χ0n) is 8.50. The molecule has 78 valence electrons. The van der Waals surface area contributed by atoms with Gasteiger partial charge >= 0.3 is 0 Å². The number of pyridine rings is 1. The molecule has 0 radical (unpaired) electrons. The van der Waals surface area contributed by atoms with Gasteiger partial charge in [0.1, 0.15) is 5.82 Å². The highest BCUT2D eigenvalue weighted by Crippen LogP contribution is 2.21. The zero-order valence-corrected chi connectivity index (χ0v) is 8.50. The number of anilines is 2. The van der Waals surface area contributed by atoms with Crippen LogP contribution in [0.1, 0.15) is 0 Å². The van der Waals surface area contributed by atoms with E-state index in [9.17, 15) is 0 Å². The van der Waals surface area contributed by atoms with Gasteiger partial charge in [-0.3, -0.25) is 0 Å². The first-order valence-electron chi connectivity index (χ1n) is 4.47. The fourth-order valence-electron chi connectivity index (χ4n) is 1.07. The van der Waals surface area contributed by atoms with Crippen LogP contribution in [0.4, 0.5) is 11.5 Å². The maximum Gasteiger partial charge on any atom is 0.239 e. The largest absolute Gasteiger partial charge is 0.479 e. The van der Waals surface area contributed by atoms with Crippen molar-refractivity contribution in [3.63, 3.8) is 0 Å². The van der Waals surface area contributed by atoms with Crippen molar-refractivity contribution in [2.24, 2.45) is 0 Å². The van der Waals surface area contributed by atoms with Gasteiger partial charge in [0.25, 0.3) is 0 Å². The van der Waals surface area contributed by atoms with Crippen molar-refractivity contribution >= 4 is 11.5 Å². The first-order chi connectivity index (χ1) is 6.77. The van der Waals surface area contributed by atoms with Gasteiger partial charge in [0.15, 0.2) is 0 Å². The van der Waals surface area contributed by atoms with Gasteiger partial charge in [-0.1, -0.05) is 0 Å². The third-order valence-corrected chi connectivity index (χ3v) is 1.77. The van der Waals surface area contributed by atoms with Crippen LogP contribution in [-0.4, -0.2) is 32.2 Å². The van der Waals surface area contributed by atoms with E-state index in [0.29, 0.717) is 11.7 Å². The van der Waals surface area contributed by atoms with E-state index in [1.165, 1.54) is 0 Å². The molecule has 0 aliphatic carbocycles. The van der Waals surface area contributed by atoms with Crippen LogP contribution in [-0.2, 0) is 0 Å². The molecule has 0 aliphatic heterocycles. The summed E-state index contributed by atoms with van der Waals surface area (Å²) in [5, 5.41) is 6.23. The Morgan fingerprint density at radius 1 is 1.43 bits per heavy atom. The van der Waals surface area contributed by atoms with Gasteiger partial charge in [-0.2, -0.15) is 4.98 Å². The Hall–Kier alpha value is -1.49. The van der Waals surface area contributed by atoms with E-state index in [-0.39, 0.29) is 0 Å². The lowest BCUT2D eigenvalue weighted by Gasteiger charge is -2.09. The van der Waals surface area contributed by atoms with E-state index in [4.69, 9.17) is 10.5 Å². The van der Waals surface area contributed by atoms with Gasteiger partial charge in [0, 0.05) is 13.1 Å². The molecule has 0 atom stereocenters. The van der Waals surface area contributed by atoms with Crippen LogP contribution in [0, 0.1) is 0 Å². The summed E-state index contributed by atoms with van der Waals surface area (Å²) in [5.74, 6) is 0.988. The molecule has 5 nitrogen and oxygen atoms in total. The van der Waals surface area contributed by atoms with Crippen LogP contribution in [0.3, 0.4) is 0 Å². The Labute approximate surface area is 83.7 Å². The summed E-state index contributed by atoms with van der Waals surface area (Å²) in [4.78, 5) is 4.04. The van der Waals surface area contributed by atoms with E-state index >= 15 is 0 Å². The van der Waals surface area contributed by atoms with E-state index < -0.39 is 0 Å². The number of ether oxygens (including phenoxy) is 1. The normalized spacial score (nSPS) is 9.86. The van der Waals surface area contributed by atoms with Crippen molar-refractivity contribution in [3.8, 4) is 5.88 Å². The average molecular weight is 196 g/mol. The molecule has 1 rings (SSSR count). The molecule has 0 unspecified atom stereocenters. The molecular weight excluding hydrogens is 180 g/mol. The van der Waals surface area contributed by atoms with E-state index in [1.807, 2.05) is 13.1 Å². The summed E-state index contributed by atoms with van der Waals surface area (Å²) in [6.45, 7) is 1.70. The standard InChI is InChI=1S/C9H16N4O/c1-11-5-6-12-7-3-4-8(10)13-9(7)14-2/h3-4,11-12H,5-6H2,1-2H3,(H2,10,13). The summed E-state index contributed by atoms with van der Waals surface area (Å²) >= 11 is 0. The van der Waals surface area contributed by atoms with E-state index in [0.717, 1.165) is 18.8 Å². The Morgan fingerprint density at radius 2 is 2.21 bits per heavy atom. The predicted molar refractivity (Wildman–Crippen MR) is 57.6 cm³/mol. The molecule has 1 heterocycles. The van der Waals surface area contributed by atoms with Crippen LogP contribution in [0.5, 0.6) is 5.88 Å². The fraction of sp³-hybridized carbons (Fsp3) is 0.444. The molecule has 0 saturated carbocycles. The Balaban J connectivity index is 2.65. The first kappa shape index (κ1) is 10.6. The van der Waals surface area contributed by atoms with Crippen molar-refractivity contribution in [1.82, 2.24) is 10.3 Å². The molecule has 0 fully saturated rings. The van der Waals surface area contributed by atoms with Crippen LogP contribution >= 0.6 is 0 Å². The second kappa shape index (κ2) is 5.29. The lowest BCUT2D eigenvalue weighted by Crippen LogP contribution is -2.18. The molecule has 4 N–H and O–H groups in total. The maximum atomic E-state index is 5.53. The number of nitrogen functional groups attached to an aromatic ring is 1. The SMILES string of the molecule is CNCCNc1ccc(N)nc1OC. The maximum absolute atomic E-state index is 5.53. The third-order valence-electron chi connectivity index (χ3n) is 1.77. The lowest BCUT2D eigenvalue weighted by atomic mass is 10.4. The Bertz CT molecular complexity index is 290. The zero-order chi connectivity index (χ0) is 10.4. The monoisotopic (exact) mass is 196 g/mol. The Morgan fingerprint density at radius 3 is 2.86 bits per heavy atom. The van der Waals surface area contributed by atoms with Crippen molar-refractivity contribution in [3.05, 3.63) is 12.1 Å². The minimum Gasteiger partial charge on any atom is -0.479 e. The van der Waals surface area contributed by atoms with Gasteiger partial charge < -0.3 is 21.1 Å². The second-order valence-corrected chi connectivity index (χ2v) is 2.82. The summed E-state index contributed by atoms with van der Waals surface area (Å²) in [6, 6.07) is 3.60. The molecule has 1 aromatic heterocycles. The van der Waals surface area contributed by atoms with Crippen LogP contribution in [0.2, 0.25) is 0 Å². The minimum atomic E-state index is 0.459. The number of nitrogens with zero attached hydrogens (tertiary/aromatic N) is 1. The van der Waals surface area contributed by atoms with Crippen molar-refractivity contribution in [1.29, 1.82) is 0 Å². The fourth-order valence-corrected chi connectivity index (χ4v) is 1.07. The average Bonchev–Trinajstić information content (AvgIpc) is 2.20. The molecule has 0 aliphatic rings. The number of rotatable bonds is 5. The molecule has 14 heavy (non-hydrogen) atoms. The molecule has 5 heteroatoms. The molecule has 1 aromatic rings. The summed E-state index contributed by atoms with van der Waals surface area (Å²) in [6.07, 6.45) is 0. The van der Waals surface area contributed by atoms with Gasteiger partial charge in [-0.15, -0.1) is 0 Å². The molecule has 0 saturated heterocycles. The number of hydrogen-bond donors (Lipinski definition) is 3.